The lowest BCUT2D eigenvalue weighted by molar-refractivity contribution is -0.117. The first-order valence-electron chi connectivity index (χ1n) is 7.30. The molecule has 1 saturated heterocycles. The van der Waals surface area contributed by atoms with Crippen molar-refractivity contribution in [1.82, 2.24) is 4.90 Å². The molecular weight excluding hydrogens is 236 g/mol. The van der Waals surface area contributed by atoms with Crippen molar-refractivity contribution >= 4 is 11.5 Å². The van der Waals surface area contributed by atoms with E-state index in [2.05, 4.69) is 34.1 Å². The van der Waals surface area contributed by atoms with Gasteiger partial charge >= 0.3 is 0 Å². The molecule has 1 fully saturated rings. The molecule has 0 bridgehead atoms. The van der Waals surface area contributed by atoms with E-state index in [1.807, 2.05) is 0 Å². The zero-order valence-electron chi connectivity index (χ0n) is 11.6. The average Bonchev–Trinajstić information content (AvgIpc) is 2.61. The highest BCUT2D eigenvalue weighted by molar-refractivity contribution is 5.75. The van der Waals surface area contributed by atoms with Crippen molar-refractivity contribution < 1.29 is 4.79 Å². The van der Waals surface area contributed by atoms with Crippen molar-refractivity contribution in [2.45, 2.75) is 32.2 Å². The molecular formula is C16H22N2O. The van der Waals surface area contributed by atoms with Crippen LogP contribution in [0.15, 0.2) is 24.3 Å². The van der Waals surface area contributed by atoms with Gasteiger partial charge in [0.15, 0.2) is 0 Å². The first-order valence-corrected chi connectivity index (χ1v) is 7.30. The van der Waals surface area contributed by atoms with Gasteiger partial charge in [-0.3, -0.25) is 4.79 Å². The molecule has 0 saturated carbocycles. The second-order valence-electron chi connectivity index (χ2n) is 5.79. The molecule has 3 nitrogen and oxygen atoms in total. The van der Waals surface area contributed by atoms with Crippen molar-refractivity contribution in [3.8, 4) is 0 Å². The summed E-state index contributed by atoms with van der Waals surface area (Å²) in [4.78, 5) is 16.2. The number of fused-ring (bicyclic) bond motifs is 3. The van der Waals surface area contributed by atoms with E-state index in [0.29, 0.717) is 18.2 Å². The number of Topliss-reactive ketones (excluding diaryl/α,β-unsaturated/α-hetero) is 1. The fourth-order valence-corrected chi connectivity index (χ4v) is 3.36. The number of ketones is 1. The minimum absolute atomic E-state index is 0.302. The molecule has 0 N–H and O–H groups in total. The van der Waals surface area contributed by atoms with E-state index in [1.54, 1.807) is 6.92 Å². The SMILES string of the molecule is CC(=O)CCN1CCCN2c3ccccc3CC2C1. The van der Waals surface area contributed by atoms with Gasteiger partial charge in [0.2, 0.25) is 0 Å². The van der Waals surface area contributed by atoms with E-state index >= 15 is 0 Å². The number of hydrogen-bond acceptors (Lipinski definition) is 3. The summed E-state index contributed by atoms with van der Waals surface area (Å²) in [6.07, 6.45) is 3.05. The molecule has 1 aromatic rings. The van der Waals surface area contributed by atoms with Crippen LogP contribution in [-0.2, 0) is 11.2 Å². The highest BCUT2D eigenvalue weighted by Gasteiger charge is 2.31. The topological polar surface area (TPSA) is 23.6 Å². The van der Waals surface area contributed by atoms with E-state index in [1.165, 1.54) is 17.7 Å². The van der Waals surface area contributed by atoms with E-state index < -0.39 is 0 Å². The predicted molar refractivity (Wildman–Crippen MR) is 77.6 cm³/mol. The summed E-state index contributed by atoms with van der Waals surface area (Å²) >= 11 is 0. The van der Waals surface area contributed by atoms with Gasteiger partial charge in [0.1, 0.15) is 5.78 Å². The van der Waals surface area contributed by atoms with Crippen molar-refractivity contribution in [2.75, 3.05) is 31.1 Å². The summed E-state index contributed by atoms with van der Waals surface area (Å²) < 4.78 is 0. The molecule has 0 aromatic heterocycles. The van der Waals surface area contributed by atoms with Gasteiger partial charge in [-0.2, -0.15) is 0 Å². The minimum atomic E-state index is 0.302. The zero-order chi connectivity index (χ0) is 13.2. The van der Waals surface area contributed by atoms with Gasteiger partial charge in [0.25, 0.3) is 0 Å². The van der Waals surface area contributed by atoms with E-state index in [-0.39, 0.29) is 0 Å². The summed E-state index contributed by atoms with van der Waals surface area (Å²) in [6.45, 7) is 5.99. The number of nitrogens with zero attached hydrogens (tertiary/aromatic N) is 2. The number of carbonyl (C=O) groups is 1. The number of hydrogen-bond donors (Lipinski definition) is 0. The molecule has 3 rings (SSSR count). The van der Waals surface area contributed by atoms with Crippen molar-refractivity contribution in [1.29, 1.82) is 0 Å². The van der Waals surface area contributed by atoms with Gasteiger partial charge in [-0.05, 0) is 37.9 Å². The van der Waals surface area contributed by atoms with Crippen LogP contribution in [0.25, 0.3) is 0 Å². The summed E-state index contributed by atoms with van der Waals surface area (Å²) in [6, 6.07) is 9.38. The maximum Gasteiger partial charge on any atom is 0.131 e. The second kappa shape index (κ2) is 5.33. The third kappa shape index (κ3) is 2.66. The average molecular weight is 258 g/mol. The monoisotopic (exact) mass is 258 g/mol. The number of carbonyl (C=O) groups excluding carboxylic acids is 1. The van der Waals surface area contributed by atoms with Gasteiger partial charge in [0.05, 0.1) is 0 Å². The molecule has 102 valence electrons. The normalized spacial score (nSPS) is 22.8. The van der Waals surface area contributed by atoms with Gasteiger partial charge in [0, 0.05) is 37.8 Å². The standard InChI is InChI=1S/C16H22N2O/c1-13(19)7-10-17-8-4-9-18-15(12-17)11-14-5-2-3-6-16(14)18/h2-3,5-6,15H,4,7-12H2,1H3. The summed E-state index contributed by atoms with van der Waals surface area (Å²) in [5.41, 5.74) is 2.92. The number of para-hydroxylation sites is 1. The molecule has 0 spiro atoms. The third-order valence-corrected chi connectivity index (χ3v) is 4.32. The molecule has 2 aliphatic rings. The van der Waals surface area contributed by atoms with Crippen LogP contribution in [0.5, 0.6) is 0 Å². The van der Waals surface area contributed by atoms with Crippen molar-refractivity contribution in [3.05, 3.63) is 29.8 Å². The third-order valence-electron chi connectivity index (χ3n) is 4.32. The largest absolute Gasteiger partial charge is 0.367 e. The highest BCUT2D eigenvalue weighted by atomic mass is 16.1. The molecule has 1 atom stereocenters. The van der Waals surface area contributed by atoms with Crippen LogP contribution in [0.4, 0.5) is 5.69 Å². The molecule has 1 unspecified atom stereocenters. The predicted octanol–water partition coefficient (Wildman–Crippen LogP) is 2.10. The molecule has 2 heterocycles. The Balaban J connectivity index is 1.70. The summed E-state index contributed by atoms with van der Waals surface area (Å²) in [5, 5.41) is 0. The Labute approximate surface area is 115 Å². The zero-order valence-corrected chi connectivity index (χ0v) is 11.6. The number of anilines is 1. The molecule has 3 heteroatoms. The fraction of sp³-hybridized carbons (Fsp3) is 0.562. The van der Waals surface area contributed by atoms with Gasteiger partial charge < -0.3 is 9.80 Å². The lowest BCUT2D eigenvalue weighted by Gasteiger charge is -2.27. The highest BCUT2D eigenvalue weighted by Crippen LogP contribution is 2.33. The lowest BCUT2D eigenvalue weighted by Crippen LogP contribution is -2.39. The molecule has 19 heavy (non-hydrogen) atoms. The number of benzene rings is 1. The van der Waals surface area contributed by atoms with E-state index in [9.17, 15) is 4.79 Å². The minimum Gasteiger partial charge on any atom is -0.367 e. The first-order chi connectivity index (χ1) is 9.24. The van der Waals surface area contributed by atoms with Crippen LogP contribution < -0.4 is 4.90 Å². The smallest absolute Gasteiger partial charge is 0.131 e. The van der Waals surface area contributed by atoms with Crippen LogP contribution in [0.3, 0.4) is 0 Å². The Bertz CT molecular complexity index is 472. The molecule has 1 aromatic carbocycles. The van der Waals surface area contributed by atoms with E-state index in [4.69, 9.17) is 0 Å². The quantitative estimate of drug-likeness (QED) is 0.829. The molecule has 0 radical (unpaired) electrons. The Morgan fingerprint density at radius 1 is 1.32 bits per heavy atom. The summed E-state index contributed by atoms with van der Waals surface area (Å²) in [5.74, 6) is 0.302. The van der Waals surface area contributed by atoms with Crippen LogP contribution in [-0.4, -0.2) is 42.9 Å². The van der Waals surface area contributed by atoms with Gasteiger partial charge in [-0.1, -0.05) is 18.2 Å². The maximum absolute atomic E-state index is 11.1. The van der Waals surface area contributed by atoms with E-state index in [0.717, 1.165) is 32.6 Å². The van der Waals surface area contributed by atoms with Crippen LogP contribution in [0.1, 0.15) is 25.3 Å². The van der Waals surface area contributed by atoms with Crippen molar-refractivity contribution in [2.24, 2.45) is 0 Å². The Kier molecular flexibility index (Phi) is 3.56. The molecule has 0 amide bonds. The maximum atomic E-state index is 11.1. The summed E-state index contributed by atoms with van der Waals surface area (Å²) in [7, 11) is 0. The number of rotatable bonds is 3. The Morgan fingerprint density at radius 2 is 2.16 bits per heavy atom. The van der Waals surface area contributed by atoms with Crippen molar-refractivity contribution in [3.63, 3.8) is 0 Å². The molecule has 0 aliphatic carbocycles. The Hall–Kier alpha value is -1.35. The van der Waals surface area contributed by atoms with Crippen LogP contribution in [0, 0.1) is 0 Å². The molecule has 2 aliphatic heterocycles. The second-order valence-corrected chi connectivity index (χ2v) is 5.79. The first kappa shape index (κ1) is 12.7. The van der Waals surface area contributed by atoms with Crippen LogP contribution in [0.2, 0.25) is 0 Å². The fourth-order valence-electron chi connectivity index (χ4n) is 3.36. The van der Waals surface area contributed by atoms with Gasteiger partial charge in [-0.25, -0.2) is 0 Å². The Morgan fingerprint density at radius 3 is 3.00 bits per heavy atom. The lowest BCUT2D eigenvalue weighted by atomic mass is 10.1. The van der Waals surface area contributed by atoms with Crippen LogP contribution >= 0.6 is 0 Å². The van der Waals surface area contributed by atoms with Gasteiger partial charge in [-0.15, -0.1) is 0 Å².